The molecule has 1 aromatic rings. The second-order valence-electron chi connectivity index (χ2n) is 6.46. The number of halogens is 3. The van der Waals surface area contributed by atoms with Crippen molar-refractivity contribution in [1.29, 1.82) is 0 Å². The summed E-state index contributed by atoms with van der Waals surface area (Å²) in [5.74, 6) is -2.65. The molecule has 1 aromatic heterocycles. The molecule has 4 rings (SSSR count). The molecule has 0 radical (unpaired) electrons. The Bertz CT molecular complexity index is 841. The quantitative estimate of drug-likeness (QED) is 0.815. The Balaban J connectivity index is 1.73. The van der Waals surface area contributed by atoms with E-state index in [0.717, 1.165) is 5.56 Å². The number of carbonyl (C=O) groups is 2. The third-order valence-corrected chi connectivity index (χ3v) is 5.30. The maximum atomic E-state index is 13.7. The predicted molar refractivity (Wildman–Crippen MR) is 87.5 cm³/mol. The molecular weight excluding hydrogens is 352 g/mol. The molecule has 0 saturated carbocycles. The van der Waals surface area contributed by atoms with Crippen molar-refractivity contribution >= 4 is 23.8 Å². The number of amides is 1. The monoisotopic (exact) mass is 367 g/mol. The van der Waals surface area contributed by atoms with Crippen molar-refractivity contribution in [2.45, 2.75) is 31.7 Å². The number of aldehydes is 1. The van der Waals surface area contributed by atoms with Gasteiger partial charge in [-0.2, -0.15) is 0 Å². The Hall–Kier alpha value is -2.15. The molecule has 132 valence electrons. The summed E-state index contributed by atoms with van der Waals surface area (Å²) in [6.45, 7) is 1.12. The zero-order valence-corrected chi connectivity index (χ0v) is 14.1. The number of allylic oxidation sites excluding steroid dienone is 2. The molecule has 0 bridgehead atoms. The summed E-state index contributed by atoms with van der Waals surface area (Å²) in [5.41, 5.74) is 1.99. The summed E-state index contributed by atoms with van der Waals surface area (Å²) in [6.07, 6.45) is 2.03. The van der Waals surface area contributed by atoms with Gasteiger partial charge in [-0.05, 0) is 24.1 Å². The van der Waals surface area contributed by atoms with Crippen molar-refractivity contribution in [2.75, 3.05) is 13.1 Å². The van der Waals surface area contributed by atoms with E-state index in [0.29, 0.717) is 48.2 Å². The molecule has 0 spiro atoms. The third kappa shape index (κ3) is 2.57. The SMILES string of the molecule is O=CC1=C(N2CCn3c(cc4c3CC(F)(F)CC4)C2=O)NCC=C1Cl. The summed E-state index contributed by atoms with van der Waals surface area (Å²) in [6, 6.07) is 1.71. The average Bonchev–Trinajstić information content (AvgIpc) is 2.93. The lowest BCUT2D eigenvalue weighted by Crippen LogP contribution is -2.45. The van der Waals surface area contributed by atoms with E-state index >= 15 is 0 Å². The maximum absolute atomic E-state index is 13.7. The number of carbonyl (C=O) groups excluding carboxylic acids is 2. The number of hydrogen-bond acceptors (Lipinski definition) is 3. The van der Waals surface area contributed by atoms with Crippen LogP contribution in [0.25, 0.3) is 0 Å². The second-order valence-corrected chi connectivity index (χ2v) is 6.86. The number of dihydropyridines is 1. The van der Waals surface area contributed by atoms with E-state index in [1.807, 2.05) is 0 Å². The van der Waals surface area contributed by atoms with Gasteiger partial charge in [-0.25, -0.2) is 8.78 Å². The lowest BCUT2D eigenvalue weighted by Gasteiger charge is -2.34. The summed E-state index contributed by atoms with van der Waals surface area (Å²) >= 11 is 6.06. The number of hydrogen-bond donors (Lipinski definition) is 1. The lowest BCUT2D eigenvalue weighted by molar-refractivity contribution is -0.104. The van der Waals surface area contributed by atoms with E-state index in [9.17, 15) is 18.4 Å². The van der Waals surface area contributed by atoms with Crippen LogP contribution >= 0.6 is 11.6 Å². The highest BCUT2D eigenvalue weighted by Gasteiger charge is 2.39. The van der Waals surface area contributed by atoms with Crippen molar-refractivity contribution in [1.82, 2.24) is 14.8 Å². The molecule has 3 heterocycles. The van der Waals surface area contributed by atoms with Crippen LogP contribution in [0, 0.1) is 0 Å². The maximum Gasteiger partial charge on any atom is 0.276 e. The summed E-state index contributed by atoms with van der Waals surface area (Å²) < 4.78 is 29.2. The van der Waals surface area contributed by atoms with Crippen LogP contribution < -0.4 is 5.32 Å². The molecule has 5 nitrogen and oxygen atoms in total. The Kier molecular flexibility index (Phi) is 3.72. The van der Waals surface area contributed by atoms with Gasteiger partial charge in [0.25, 0.3) is 11.8 Å². The highest BCUT2D eigenvalue weighted by atomic mass is 35.5. The molecule has 25 heavy (non-hydrogen) atoms. The lowest BCUT2D eigenvalue weighted by atomic mass is 9.94. The number of alkyl halides is 2. The van der Waals surface area contributed by atoms with Crippen LogP contribution in [0.4, 0.5) is 8.78 Å². The molecule has 3 aliphatic rings. The molecule has 0 aromatic carbocycles. The van der Waals surface area contributed by atoms with Gasteiger partial charge in [0.1, 0.15) is 11.5 Å². The Morgan fingerprint density at radius 1 is 1.32 bits per heavy atom. The smallest absolute Gasteiger partial charge is 0.276 e. The number of fused-ring (bicyclic) bond motifs is 3. The van der Waals surface area contributed by atoms with Gasteiger partial charge in [-0.3, -0.25) is 14.5 Å². The van der Waals surface area contributed by atoms with Gasteiger partial charge in [-0.15, -0.1) is 0 Å². The third-order valence-electron chi connectivity index (χ3n) is 4.95. The van der Waals surface area contributed by atoms with E-state index < -0.39 is 5.92 Å². The van der Waals surface area contributed by atoms with Crippen molar-refractivity contribution in [3.8, 4) is 0 Å². The highest BCUT2D eigenvalue weighted by Crippen LogP contribution is 2.36. The molecule has 0 atom stereocenters. The topological polar surface area (TPSA) is 54.3 Å². The first-order valence-electron chi connectivity index (χ1n) is 8.11. The first kappa shape index (κ1) is 16.3. The van der Waals surface area contributed by atoms with Gasteiger partial charge in [0.2, 0.25) is 0 Å². The van der Waals surface area contributed by atoms with Crippen LogP contribution in [0.3, 0.4) is 0 Å². The minimum atomic E-state index is -2.72. The molecular formula is C17H16ClF2N3O2. The number of nitrogens with one attached hydrogen (secondary N) is 1. The van der Waals surface area contributed by atoms with Crippen LogP contribution in [0.1, 0.15) is 28.2 Å². The molecule has 1 aliphatic carbocycles. The molecule has 0 saturated heterocycles. The number of rotatable bonds is 2. The number of aryl methyl sites for hydroxylation is 1. The van der Waals surface area contributed by atoms with Crippen molar-refractivity contribution in [3.63, 3.8) is 0 Å². The van der Waals surface area contributed by atoms with Crippen LogP contribution in [-0.4, -0.2) is 40.7 Å². The second kappa shape index (κ2) is 5.69. The van der Waals surface area contributed by atoms with Gasteiger partial charge < -0.3 is 9.88 Å². The van der Waals surface area contributed by atoms with E-state index in [1.54, 1.807) is 16.7 Å². The van der Waals surface area contributed by atoms with E-state index in [1.165, 1.54) is 4.90 Å². The van der Waals surface area contributed by atoms with Crippen molar-refractivity contribution < 1.29 is 18.4 Å². The zero-order chi connectivity index (χ0) is 17.8. The fourth-order valence-electron chi connectivity index (χ4n) is 3.72. The normalized spacial score (nSPS) is 22.1. The summed E-state index contributed by atoms with van der Waals surface area (Å²) in [4.78, 5) is 25.8. The fraction of sp³-hybridized carbons (Fsp3) is 0.412. The number of nitrogens with zero attached hydrogens (tertiary/aromatic N) is 2. The Morgan fingerprint density at radius 3 is 2.88 bits per heavy atom. The van der Waals surface area contributed by atoms with Crippen LogP contribution in [0.15, 0.2) is 28.6 Å². The van der Waals surface area contributed by atoms with Gasteiger partial charge in [0, 0.05) is 31.7 Å². The molecule has 0 fully saturated rings. The van der Waals surface area contributed by atoms with Gasteiger partial charge in [-0.1, -0.05) is 11.6 Å². The number of aromatic nitrogens is 1. The standard InChI is InChI=1S/C17H16ClF2N3O2/c18-12-2-4-21-15(11(12)9-24)23-6-5-22-13(16(23)25)7-10-1-3-17(19,20)8-14(10)22/h2,7,9,21H,1,3-6,8H2. The predicted octanol–water partition coefficient (Wildman–Crippen LogP) is 2.20. The minimum Gasteiger partial charge on any atom is -0.367 e. The average molecular weight is 368 g/mol. The molecule has 1 amide bonds. The molecule has 1 N–H and O–H groups in total. The largest absolute Gasteiger partial charge is 0.367 e. The van der Waals surface area contributed by atoms with Crippen molar-refractivity contribution in [3.05, 3.63) is 45.5 Å². The molecule has 2 aliphatic heterocycles. The zero-order valence-electron chi connectivity index (χ0n) is 13.3. The van der Waals surface area contributed by atoms with Gasteiger partial charge in [0.05, 0.1) is 17.0 Å². The van der Waals surface area contributed by atoms with E-state index in [4.69, 9.17) is 11.6 Å². The van der Waals surface area contributed by atoms with E-state index in [-0.39, 0.29) is 30.7 Å². The van der Waals surface area contributed by atoms with Crippen LogP contribution in [-0.2, 0) is 24.2 Å². The Morgan fingerprint density at radius 2 is 2.12 bits per heavy atom. The first-order chi connectivity index (χ1) is 11.9. The minimum absolute atomic E-state index is 0.191. The highest BCUT2D eigenvalue weighted by molar-refractivity contribution is 6.34. The van der Waals surface area contributed by atoms with E-state index in [2.05, 4.69) is 5.32 Å². The molecule has 8 heteroatoms. The fourth-order valence-corrected chi connectivity index (χ4v) is 3.93. The van der Waals surface area contributed by atoms with Crippen LogP contribution in [0.2, 0.25) is 0 Å². The van der Waals surface area contributed by atoms with Crippen LogP contribution in [0.5, 0.6) is 0 Å². The first-order valence-corrected chi connectivity index (χ1v) is 8.49. The Labute approximate surface area is 147 Å². The summed E-state index contributed by atoms with van der Waals surface area (Å²) in [5, 5.41) is 3.32. The van der Waals surface area contributed by atoms with Gasteiger partial charge >= 0.3 is 0 Å². The summed E-state index contributed by atoms with van der Waals surface area (Å²) in [7, 11) is 0. The van der Waals surface area contributed by atoms with Gasteiger partial charge in [0.15, 0.2) is 6.29 Å². The molecule has 0 unspecified atom stereocenters. The van der Waals surface area contributed by atoms with Crippen molar-refractivity contribution in [2.24, 2.45) is 0 Å².